The molecular weight excluding hydrogens is 289 g/mol. The summed E-state index contributed by atoms with van der Waals surface area (Å²) in [7, 11) is 0. The lowest BCUT2D eigenvalue weighted by Gasteiger charge is -2.31. The van der Waals surface area contributed by atoms with Crippen molar-refractivity contribution in [3.05, 3.63) is 60.1 Å². The number of aromatic nitrogens is 3. The number of hydrogen-bond acceptors (Lipinski definition) is 2. The Bertz CT molecular complexity index is 825. The van der Waals surface area contributed by atoms with Gasteiger partial charge in [-0.3, -0.25) is 0 Å². The van der Waals surface area contributed by atoms with Gasteiger partial charge in [-0.1, -0.05) is 12.5 Å². The second-order valence-electron chi connectivity index (χ2n) is 6.54. The second-order valence-corrected chi connectivity index (χ2v) is 6.54. The number of benzene rings is 1. The van der Waals surface area contributed by atoms with Crippen molar-refractivity contribution >= 4 is 10.9 Å². The molecule has 1 aliphatic carbocycles. The molecular formula is C19H20FN3. The summed E-state index contributed by atoms with van der Waals surface area (Å²) in [6.45, 7) is 2.06. The summed E-state index contributed by atoms with van der Waals surface area (Å²) in [6.07, 6.45) is 12.0. The number of aryl methyl sites for hydroxylation is 1. The van der Waals surface area contributed by atoms with Gasteiger partial charge in [-0.15, -0.1) is 0 Å². The van der Waals surface area contributed by atoms with Crippen LogP contribution < -0.4 is 0 Å². The van der Waals surface area contributed by atoms with Crippen LogP contribution in [0.3, 0.4) is 0 Å². The largest absolute Gasteiger partial charge is 0.344 e. The van der Waals surface area contributed by atoms with Crippen LogP contribution in [-0.4, -0.2) is 14.5 Å². The molecule has 0 N–H and O–H groups in total. The molecule has 0 aliphatic heterocycles. The lowest BCUT2D eigenvalue weighted by Crippen LogP contribution is -2.18. The third kappa shape index (κ3) is 2.52. The highest BCUT2D eigenvalue weighted by molar-refractivity contribution is 5.84. The van der Waals surface area contributed by atoms with Crippen LogP contribution in [-0.2, 0) is 0 Å². The third-order valence-electron chi connectivity index (χ3n) is 5.12. The topological polar surface area (TPSA) is 30.7 Å². The van der Waals surface area contributed by atoms with E-state index in [2.05, 4.69) is 27.7 Å². The maximum Gasteiger partial charge on any atom is 0.132 e. The summed E-state index contributed by atoms with van der Waals surface area (Å²) in [4.78, 5) is 8.31. The Morgan fingerprint density at radius 1 is 1.13 bits per heavy atom. The molecule has 0 saturated heterocycles. The Labute approximate surface area is 135 Å². The van der Waals surface area contributed by atoms with Gasteiger partial charge in [0.15, 0.2) is 0 Å². The molecule has 2 heterocycles. The fraction of sp³-hybridized carbons (Fsp3) is 0.368. The maximum atomic E-state index is 14.1. The minimum atomic E-state index is -0.131. The highest BCUT2D eigenvalue weighted by Gasteiger charge is 2.26. The quantitative estimate of drug-likeness (QED) is 0.682. The monoisotopic (exact) mass is 309 g/mol. The highest BCUT2D eigenvalue weighted by atomic mass is 19.1. The number of halogens is 1. The molecule has 0 spiro atoms. The van der Waals surface area contributed by atoms with Crippen LogP contribution in [0.15, 0.2) is 43.1 Å². The minimum absolute atomic E-state index is 0.131. The van der Waals surface area contributed by atoms with E-state index in [1.54, 1.807) is 12.4 Å². The van der Waals surface area contributed by atoms with E-state index >= 15 is 0 Å². The molecule has 23 heavy (non-hydrogen) atoms. The zero-order valence-electron chi connectivity index (χ0n) is 13.2. The fourth-order valence-electron chi connectivity index (χ4n) is 3.97. The summed E-state index contributed by atoms with van der Waals surface area (Å²) in [6, 6.07) is 5.76. The molecule has 3 nitrogen and oxygen atoms in total. The number of hydrogen-bond donors (Lipinski definition) is 0. The normalized spacial score (nSPS) is 21.7. The molecule has 4 heteroatoms. The summed E-state index contributed by atoms with van der Waals surface area (Å²) in [5.74, 6) is 0.356. The van der Waals surface area contributed by atoms with Crippen LogP contribution in [0, 0.1) is 12.7 Å². The van der Waals surface area contributed by atoms with Gasteiger partial charge < -0.3 is 4.57 Å². The number of nitrogens with zero attached hydrogens (tertiary/aromatic N) is 3. The van der Waals surface area contributed by atoms with E-state index in [4.69, 9.17) is 0 Å². The average Bonchev–Trinajstić information content (AvgIpc) is 3.06. The van der Waals surface area contributed by atoms with Gasteiger partial charge >= 0.3 is 0 Å². The van der Waals surface area contributed by atoms with Crippen molar-refractivity contribution in [1.82, 2.24) is 14.5 Å². The van der Waals surface area contributed by atoms with Gasteiger partial charge in [-0.25, -0.2) is 14.4 Å². The van der Waals surface area contributed by atoms with Gasteiger partial charge in [-0.2, -0.15) is 0 Å². The zero-order chi connectivity index (χ0) is 15.8. The first-order valence-electron chi connectivity index (χ1n) is 8.24. The van der Waals surface area contributed by atoms with Crippen LogP contribution in [0.5, 0.6) is 0 Å². The fourth-order valence-corrected chi connectivity index (χ4v) is 3.97. The molecule has 2 aromatic heterocycles. The molecule has 1 fully saturated rings. The standard InChI is InChI=1S/C19H20FN3/c1-13-5-6-18(20)17-7-8-23(19(13)17)16-4-2-3-14(9-16)15-10-21-12-22-11-15/h5-8,10-12,14,16H,2-4,9H2,1H3/t14-,16+/m0/s1. The molecule has 118 valence electrons. The first kappa shape index (κ1) is 14.4. The summed E-state index contributed by atoms with van der Waals surface area (Å²) in [5.41, 5.74) is 3.40. The van der Waals surface area contributed by atoms with Gasteiger partial charge in [0.25, 0.3) is 0 Å². The molecule has 0 amide bonds. The summed E-state index contributed by atoms with van der Waals surface area (Å²) in [5, 5.41) is 0.732. The highest BCUT2D eigenvalue weighted by Crippen LogP contribution is 2.40. The van der Waals surface area contributed by atoms with Gasteiger partial charge in [0.1, 0.15) is 12.1 Å². The van der Waals surface area contributed by atoms with Gasteiger partial charge in [-0.05, 0) is 55.4 Å². The first-order chi connectivity index (χ1) is 11.2. The number of rotatable bonds is 2. The first-order valence-corrected chi connectivity index (χ1v) is 8.24. The van der Waals surface area contributed by atoms with E-state index in [-0.39, 0.29) is 5.82 Å². The number of fused-ring (bicyclic) bond motifs is 1. The van der Waals surface area contributed by atoms with Gasteiger partial charge in [0, 0.05) is 30.0 Å². The lowest BCUT2D eigenvalue weighted by molar-refractivity contribution is 0.324. The van der Waals surface area contributed by atoms with Crippen molar-refractivity contribution in [2.24, 2.45) is 0 Å². The van der Waals surface area contributed by atoms with Crippen LogP contribution in [0.2, 0.25) is 0 Å². The molecule has 4 rings (SSSR count). The maximum absolute atomic E-state index is 14.1. The Morgan fingerprint density at radius 3 is 2.78 bits per heavy atom. The molecule has 1 saturated carbocycles. The van der Waals surface area contributed by atoms with Crippen molar-refractivity contribution in [2.45, 2.75) is 44.6 Å². The average molecular weight is 309 g/mol. The third-order valence-corrected chi connectivity index (χ3v) is 5.12. The van der Waals surface area contributed by atoms with E-state index < -0.39 is 0 Å². The molecule has 1 aliphatic rings. The Hall–Kier alpha value is -2.23. The molecule has 3 aromatic rings. The van der Waals surface area contributed by atoms with E-state index in [1.807, 2.05) is 24.5 Å². The predicted octanol–water partition coefficient (Wildman–Crippen LogP) is 4.78. The van der Waals surface area contributed by atoms with Crippen molar-refractivity contribution in [1.29, 1.82) is 0 Å². The van der Waals surface area contributed by atoms with Crippen LogP contribution in [0.1, 0.15) is 48.8 Å². The Morgan fingerprint density at radius 2 is 1.96 bits per heavy atom. The van der Waals surface area contributed by atoms with Crippen molar-refractivity contribution in [3.63, 3.8) is 0 Å². The minimum Gasteiger partial charge on any atom is -0.344 e. The van der Waals surface area contributed by atoms with Gasteiger partial charge in [0.05, 0.1) is 5.52 Å². The van der Waals surface area contributed by atoms with E-state index in [9.17, 15) is 4.39 Å². The smallest absolute Gasteiger partial charge is 0.132 e. The summed E-state index contributed by atoms with van der Waals surface area (Å²) < 4.78 is 16.3. The van der Waals surface area contributed by atoms with Crippen LogP contribution in [0.4, 0.5) is 4.39 Å². The Kier molecular flexibility index (Phi) is 3.60. The van der Waals surface area contributed by atoms with E-state index in [1.165, 1.54) is 18.4 Å². The molecule has 2 atom stereocenters. The molecule has 0 bridgehead atoms. The van der Waals surface area contributed by atoms with Crippen LogP contribution in [0.25, 0.3) is 10.9 Å². The molecule has 0 radical (unpaired) electrons. The van der Waals surface area contributed by atoms with E-state index in [0.29, 0.717) is 12.0 Å². The Balaban J connectivity index is 1.70. The van der Waals surface area contributed by atoms with Crippen LogP contribution >= 0.6 is 0 Å². The van der Waals surface area contributed by atoms with Crippen molar-refractivity contribution in [2.75, 3.05) is 0 Å². The second kappa shape index (κ2) is 5.76. The summed E-state index contributed by atoms with van der Waals surface area (Å²) >= 11 is 0. The van der Waals surface area contributed by atoms with Gasteiger partial charge in [0.2, 0.25) is 0 Å². The van der Waals surface area contributed by atoms with Crippen molar-refractivity contribution in [3.8, 4) is 0 Å². The molecule has 0 unspecified atom stereocenters. The van der Waals surface area contributed by atoms with Crippen molar-refractivity contribution < 1.29 is 4.39 Å². The lowest BCUT2D eigenvalue weighted by atomic mass is 9.82. The van der Waals surface area contributed by atoms with E-state index in [0.717, 1.165) is 29.3 Å². The SMILES string of the molecule is Cc1ccc(F)c2ccn([C@@H]3CCC[C@H](c4cncnc4)C3)c12. The molecule has 1 aromatic carbocycles. The zero-order valence-corrected chi connectivity index (χ0v) is 13.2. The predicted molar refractivity (Wildman–Crippen MR) is 88.9 cm³/mol.